The Morgan fingerprint density at radius 1 is 1.21 bits per heavy atom. The van der Waals surface area contributed by atoms with Crippen molar-refractivity contribution in [3.8, 4) is 11.5 Å². The molecule has 3 aromatic heterocycles. The lowest BCUT2D eigenvalue weighted by Crippen LogP contribution is -2.30. The van der Waals surface area contributed by atoms with E-state index in [-0.39, 0.29) is 0 Å². The van der Waals surface area contributed by atoms with Gasteiger partial charge in [0.2, 0.25) is 0 Å². The molecule has 1 aromatic carbocycles. The summed E-state index contributed by atoms with van der Waals surface area (Å²) in [5.74, 6) is 0.943. The minimum Gasteiger partial charge on any atom is -0.380 e. The molecule has 4 heterocycles. The van der Waals surface area contributed by atoms with Crippen molar-refractivity contribution >= 4 is 16.9 Å². The van der Waals surface area contributed by atoms with E-state index >= 15 is 0 Å². The van der Waals surface area contributed by atoms with E-state index in [1.807, 2.05) is 16.7 Å². The molecule has 0 N–H and O–H groups in total. The van der Waals surface area contributed by atoms with Crippen molar-refractivity contribution in [1.29, 1.82) is 0 Å². The summed E-state index contributed by atoms with van der Waals surface area (Å²) in [5.41, 5.74) is 5.39. The third-order valence-corrected chi connectivity index (χ3v) is 3.78. The van der Waals surface area contributed by atoms with Gasteiger partial charge in [0.15, 0.2) is 6.54 Å². The molecule has 0 aliphatic carbocycles. The first-order valence-corrected chi connectivity index (χ1v) is 6.28. The van der Waals surface area contributed by atoms with E-state index in [4.69, 9.17) is 4.42 Å². The second-order valence-corrected chi connectivity index (χ2v) is 4.83. The average molecular weight is 248 g/mol. The van der Waals surface area contributed by atoms with Gasteiger partial charge in [-0.05, 0) is 12.1 Å². The fraction of sp³-hybridized carbons (Fsp3) is 0.0667. The standard InChI is InChI=1S/C15H10N3O/c1-2-5-11-10(4-1)9-18-12-8-13-16-6-3-7-17(13)15(12)19-14(11)18/h1-8H,9H2/q+1. The van der Waals surface area contributed by atoms with Crippen LogP contribution in [-0.4, -0.2) is 9.38 Å². The third kappa shape index (κ3) is 1.04. The molecule has 0 saturated carbocycles. The largest absolute Gasteiger partial charge is 0.383 e. The molecule has 4 heteroatoms. The van der Waals surface area contributed by atoms with E-state index in [1.165, 1.54) is 11.1 Å². The summed E-state index contributed by atoms with van der Waals surface area (Å²) in [4.78, 5) is 4.35. The molecular formula is C15H10N3O+. The first-order chi connectivity index (χ1) is 9.42. The molecule has 0 fully saturated rings. The topological polar surface area (TPSA) is 34.3 Å². The third-order valence-electron chi connectivity index (χ3n) is 3.78. The van der Waals surface area contributed by atoms with Crippen LogP contribution in [0, 0.1) is 0 Å². The maximum Gasteiger partial charge on any atom is 0.383 e. The zero-order valence-corrected chi connectivity index (χ0v) is 10.1. The molecule has 0 bridgehead atoms. The average Bonchev–Trinajstić information content (AvgIpc) is 3.07. The molecule has 4 nitrogen and oxygen atoms in total. The van der Waals surface area contributed by atoms with Crippen LogP contribution in [0.2, 0.25) is 0 Å². The molecule has 0 amide bonds. The monoisotopic (exact) mass is 248 g/mol. The van der Waals surface area contributed by atoms with Crippen LogP contribution in [0.5, 0.6) is 0 Å². The van der Waals surface area contributed by atoms with Gasteiger partial charge in [0.1, 0.15) is 5.65 Å². The Labute approximate surface area is 108 Å². The van der Waals surface area contributed by atoms with E-state index < -0.39 is 0 Å². The van der Waals surface area contributed by atoms with Gasteiger partial charge in [-0.3, -0.25) is 4.40 Å². The van der Waals surface area contributed by atoms with Crippen LogP contribution in [0.25, 0.3) is 28.3 Å². The Balaban J connectivity index is 1.93. The van der Waals surface area contributed by atoms with Gasteiger partial charge >= 0.3 is 5.89 Å². The van der Waals surface area contributed by atoms with E-state index in [0.717, 1.165) is 29.3 Å². The smallest absolute Gasteiger partial charge is 0.380 e. The normalized spacial score (nSPS) is 13.1. The van der Waals surface area contributed by atoms with Gasteiger partial charge in [-0.1, -0.05) is 18.2 Å². The molecule has 5 rings (SSSR count). The Morgan fingerprint density at radius 2 is 2.16 bits per heavy atom. The lowest BCUT2D eigenvalue weighted by Gasteiger charge is -1.91. The molecule has 1 aliphatic rings. The van der Waals surface area contributed by atoms with Crippen molar-refractivity contribution in [3.05, 3.63) is 54.4 Å². The minimum absolute atomic E-state index is 0.868. The molecular weight excluding hydrogens is 238 g/mol. The maximum atomic E-state index is 6.08. The number of benzene rings is 1. The van der Waals surface area contributed by atoms with Gasteiger partial charge in [-0.2, -0.15) is 4.57 Å². The van der Waals surface area contributed by atoms with Gasteiger partial charge in [-0.25, -0.2) is 4.98 Å². The SMILES string of the molecule is c1ccc2c(c1)C[n+]1c-2oc2c1cc1ncccn12. The second-order valence-electron chi connectivity index (χ2n) is 4.83. The Kier molecular flexibility index (Phi) is 1.49. The first-order valence-electron chi connectivity index (χ1n) is 6.28. The van der Waals surface area contributed by atoms with Crippen LogP contribution in [0.3, 0.4) is 0 Å². The highest BCUT2D eigenvalue weighted by molar-refractivity contribution is 5.77. The number of hydrogen-bond donors (Lipinski definition) is 0. The highest BCUT2D eigenvalue weighted by Crippen LogP contribution is 2.31. The molecule has 19 heavy (non-hydrogen) atoms. The van der Waals surface area contributed by atoms with E-state index in [9.17, 15) is 0 Å². The molecule has 1 aliphatic heterocycles. The lowest BCUT2D eigenvalue weighted by atomic mass is 10.1. The predicted octanol–water partition coefficient (Wildman–Crippen LogP) is 2.40. The van der Waals surface area contributed by atoms with Gasteiger partial charge in [0.05, 0.1) is 11.6 Å². The zero-order chi connectivity index (χ0) is 12.4. The fourth-order valence-electron chi connectivity index (χ4n) is 2.91. The Bertz CT molecular complexity index is 949. The Morgan fingerprint density at radius 3 is 3.16 bits per heavy atom. The van der Waals surface area contributed by atoms with Gasteiger partial charge in [0, 0.05) is 18.0 Å². The zero-order valence-electron chi connectivity index (χ0n) is 10.1. The van der Waals surface area contributed by atoms with E-state index in [2.05, 4.69) is 39.9 Å². The molecule has 0 saturated heterocycles. The van der Waals surface area contributed by atoms with Crippen molar-refractivity contribution in [2.24, 2.45) is 0 Å². The number of fused-ring (bicyclic) bond motifs is 7. The number of hydrogen-bond acceptors (Lipinski definition) is 2. The summed E-state index contributed by atoms with van der Waals surface area (Å²) in [5, 5.41) is 0. The summed E-state index contributed by atoms with van der Waals surface area (Å²) in [6.07, 6.45) is 3.78. The first kappa shape index (κ1) is 9.33. The Hall–Kier alpha value is -2.62. The summed E-state index contributed by atoms with van der Waals surface area (Å²) in [6, 6.07) is 12.4. The van der Waals surface area contributed by atoms with E-state index in [1.54, 1.807) is 6.20 Å². The molecule has 4 aromatic rings. The molecule has 0 unspecified atom stereocenters. The number of oxazole rings is 1. The maximum absolute atomic E-state index is 6.08. The van der Waals surface area contributed by atoms with Gasteiger partial charge in [-0.15, -0.1) is 0 Å². The molecule has 0 atom stereocenters. The van der Waals surface area contributed by atoms with E-state index in [0.29, 0.717) is 0 Å². The summed E-state index contributed by atoms with van der Waals surface area (Å²) >= 11 is 0. The molecule has 0 spiro atoms. The van der Waals surface area contributed by atoms with Crippen LogP contribution >= 0.6 is 0 Å². The quantitative estimate of drug-likeness (QED) is 0.394. The number of aromatic nitrogens is 3. The van der Waals surface area contributed by atoms with Crippen LogP contribution in [0.15, 0.2) is 53.2 Å². The second kappa shape index (κ2) is 3.03. The van der Waals surface area contributed by atoms with Crippen LogP contribution in [0.4, 0.5) is 0 Å². The van der Waals surface area contributed by atoms with Crippen LogP contribution < -0.4 is 4.57 Å². The summed E-state index contributed by atoms with van der Waals surface area (Å²) in [6.45, 7) is 0.870. The predicted molar refractivity (Wildman–Crippen MR) is 69.7 cm³/mol. The van der Waals surface area contributed by atoms with Crippen molar-refractivity contribution in [3.63, 3.8) is 0 Å². The van der Waals surface area contributed by atoms with Crippen molar-refractivity contribution in [1.82, 2.24) is 9.38 Å². The number of nitrogens with zero attached hydrogens (tertiary/aromatic N) is 3. The van der Waals surface area contributed by atoms with Crippen LogP contribution in [0.1, 0.15) is 5.56 Å². The van der Waals surface area contributed by atoms with Gasteiger partial charge < -0.3 is 4.42 Å². The van der Waals surface area contributed by atoms with Gasteiger partial charge in [0.25, 0.3) is 11.2 Å². The summed E-state index contributed by atoms with van der Waals surface area (Å²) in [7, 11) is 0. The lowest BCUT2D eigenvalue weighted by molar-refractivity contribution is -0.649. The summed E-state index contributed by atoms with van der Waals surface area (Å²) < 4.78 is 10.3. The fourth-order valence-corrected chi connectivity index (χ4v) is 2.91. The number of rotatable bonds is 0. The highest BCUT2D eigenvalue weighted by Gasteiger charge is 2.34. The van der Waals surface area contributed by atoms with Crippen molar-refractivity contribution < 1.29 is 8.98 Å². The van der Waals surface area contributed by atoms with Crippen LogP contribution in [-0.2, 0) is 6.54 Å². The van der Waals surface area contributed by atoms with Crippen molar-refractivity contribution in [2.75, 3.05) is 0 Å². The minimum atomic E-state index is 0.868. The molecule has 0 radical (unpaired) electrons. The highest BCUT2D eigenvalue weighted by atomic mass is 16.4. The molecule has 90 valence electrons. The van der Waals surface area contributed by atoms with Crippen molar-refractivity contribution in [2.45, 2.75) is 6.54 Å².